The zero-order valence-electron chi connectivity index (χ0n) is 22.2. The average molecular weight is 513 g/mol. The third kappa shape index (κ3) is 5.51. The molecule has 39 heavy (non-hydrogen) atoms. The summed E-state index contributed by atoms with van der Waals surface area (Å²) in [6, 6.07) is 33.5. The van der Waals surface area contributed by atoms with Crippen LogP contribution in [0.2, 0.25) is 0 Å². The number of aryl methyl sites for hydroxylation is 2. The number of para-hydroxylation sites is 1. The summed E-state index contributed by atoms with van der Waals surface area (Å²) in [4.78, 5) is 8.08. The SMILES string of the molecule is Cc1cnc(OCCc2ccccc2)cc1-c1cccc2c(CCCOc3cccc4ccccc34)c[nH]c12. The molecule has 194 valence electrons. The van der Waals surface area contributed by atoms with Gasteiger partial charge in [-0.15, -0.1) is 0 Å². The average Bonchev–Trinajstić information content (AvgIpc) is 3.40. The van der Waals surface area contributed by atoms with Crippen molar-refractivity contribution in [1.82, 2.24) is 9.97 Å². The Labute approximate surface area is 229 Å². The fraction of sp³-hybridized carbons (Fsp3) is 0.171. The Bertz CT molecular complexity index is 1700. The van der Waals surface area contributed by atoms with E-state index in [4.69, 9.17) is 9.47 Å². The largest absolute Gasteiger partial charge is 0.493 e. The van der Waals surface area contributed by atoms with E-state index < -0.39 is 0 Å². The molecule has 0 aliphatic rings. The van der Waals surface area contributed by atoms with Gasteiger partial charge in [-0.2, -0.15) is 0 Å². The lowest BCUT2D eigenvalue weighted by Crippen LogP contribution is -2.03. The quantitative estimate of drug-likeness (QED) is 0.188. The van der Waals surface area contributed by atoms with Crippen LogP contribution in [0.4, 0.5) is 0 Å². The van der Waals surface area contributed by atoms with Crippen LogP contribution < -0.4 is 9.47 Å². The summed E-state index contributed by atoms with van der Waals surface area (Å²) >= 11 is 0. The molecule has 0 saturated carbocycles. The van der Waals surface area contributed by atoms with Crippen LogP contribution in [0.15, 0.2) is 109 Å². The third-order valence-electron chi connectivity index (χ3n) is 7.25. The first-order chi connectivity index (χ1) is 19.3. The zero-order valence-corrected chi connectivity index (χ0v) is 22.2. The van der Waals surface area contributed by atoms with Crippen molar-refractivity contribution in [2.75, 3.05) is 13.2 Å². The van der Waals surface area contributed by atoms with Gasteiger partial charge in [0.2, 0.25) is 5.88 Å². The van der Waals surface area contributed by atoms with E-state index in [1.165, 1.54) is 27.5 Å². The highest BCUT2D eigenvalue weighted by Gasteiger charge is 2.13. The lowest BCUT2D eigenvalue weighted by molar-refractivity contribution is 0.309. The highest BCUT2D eigenvalue weighted by molar-refractivity contribution is 5.97. The highest BCUT2D eigenvalue weighted by Crippen LogP contribution is 2.33. The molecule has 0 aliphatic carbocycles. The first kappa shape index (κ1) is 24.7. The fourth-order valence-corrected chi connectivity index (χ4v) is 5.20. The van der Waals surface area contributed by atoms with E-state index in [0.717, 1.165) is 47.0 Å². The van der Waals surface area contributed by atoms with Crippen molar-refractivity contribution in [1.29, 1.82) is 0 Å². The maximum atomic E-state index is 6.18. The Morgan fingerprint density at radius 3 is 2.44 bits per heavy atom. The van der Waals surface area contributed by atoms with Gasteiger partial charge in [-0.05, 0) is 53.5 Å². The van der Waals surface area contributed by atoms with E-state index in [1.54, 1.807) is 0 Å². The van der Waals surface area contributed by atoms with Crippen LogP contribution in [0, 0.1) is 6.92 Å². The molecule has 4 aromatic carbocycles. The molecule has 2 aromatic heterocycles. The number of ether oxygens (including phenoxy) is 2. The molecule has 0 unspecified atom stereocenters. The molecular formula is C35H32N2O2. The van der Waals surface area contributed by atoms with E-state index >= 15 is 0 Å². The number of aromatic amines is 1. The monoisotopic (exact) mass is 512 g/mol. The standard InChI is InChI=1S/C35H32N2O2/c1-25-23-36-34(39-21-19-26-10-3-2-4-11-26)22-32(25)31-17-8-16-30-28(24-37-35(30)31)14-9-20-38-33-18-7-13-27-12-5-6-15-29(27)33/h2-8,10-13,15-18,22-24,37H,9,14,19-21H2,1H3. The summed E-state index contributed by atoms with van der Waals surface area (Å²) in [5, 5.41) is 3.61. The molecule has 1 N–H and O–H groups in total. The van der Waals surface area contributed by atoms with E-state index in [9.17, 15) is 0 Å². The molecular weight excluding hydrogens is 480 g/mol. The van der Waals surface area contributed by atoms with Crippen LogP contribution in [0.5, 0.6) is 11.6 Å². The van der Waals surface area contributed by atoms with Crippen LogP contribution in [0.25, 0.3) is 32.8 Å². The summed E-state index contributed by atoms with van der Waals surface area (Å²) in [6.07, 6.45) is 6.78. The van der Waals surface area contributed by atoms with Gasteiger partial charge in [-0.25, -0.2) is 4.98 Å². The van der Waals surface area contributed by atoms with Gasteiger partial charge in [-0.1, -0.05) is 84.9 Å². The van der Waals surface area contributed by atoms with Crippen LogP contribution in [0.3, 0.4) is 0 Å². The van der Waals surface area contributed by atoms with Crippen molar-refractivity contribution in [2.24, 2.45) is 0 Å². The maximum Gasteiger partial charge on any atom is 0.213 e. The minimum absolute atomic E-state index is 0.594. The Morgan fingerprint density at radius 1 is 0.718 bits per heavy atom. The number of nitrogens with zero attached hydrogens (tertiary/aromatic N) is 1. The summed E-state index contributed by atoms with van der Waals surface area (Å²) in [5.41, 5.74) is 7.14. The number of rotatable bonds is 10. The first-order valence-electron chi connectivity index (χ1n) is 13.6. The number of hydrogen-bond donors (Lipinski definition) is 1. The van der Waals surface area contributed by atoms with Crippen LogP contribution in [-0.2, 0) is 12.8 Å². The molecule has 4 nitrogen and oxygen atoms in total. The summed E-state index contributed by atoms with van der Waals surface area (Å²) in [5.74, 6) is 1.60. The molecule has 0 spiro atoms. The van der Waals surface area contributed by atoms with Crippen LogP contribution >= 0.6 is 0 Å². The lowest BCUT2D eigenvalue weighted by atomic mass is 9.98. The van der Waals surface area contributed by atoms with Gasteiger partial charge in [0.05, 0.1) is 18.7 Å². The van der Waals surface area contributed by atoms with Gasteiger partial charge in [0, 0.05) is 41.2 Å². The van der Waals surface area contributed by atoms with Crippen molar-refractivity contribution >= 4 is 21.7 Å². The Hall–Kier alpha value is -4.57. The second kappa shape index (κ2) is 11.4. The van der Waals surface area contributed by atoms with Gasteiger partial charge in [-0.3, -0.25) is 0 Å². The van der Waals surface area contributed by atoms with Crippen LogP contribution in [0.1, 0.15) is 23.1 Å². The molecule has 2 heterocycles. The number of pyridine rings is 1. The Morgan fingerprint density at radius 2 is 1.51 bits per heavy atom. The van der Waals surface area contributed by atoms with E-state index in [1.807, 2.05) is 12.3 Å². The highest BCUT2D eigenvalue weighted by atomic mass is 16.5. The minimum atomic E-state index is 0.594. The first-order valence-corrected chi connectivity index (χ1v) is 13.6. The maximum absolute atomic E-state index is 6.18. The van der Waals surface area contributed by atoms with Gasteiger partial charge >= 0.3 is 0 Å². The van der Waals surface area contributed by atoms with Crippen molar-refractivity contribution < 1.29 is 9.47 Å². The Balaban J connectivity index is 1.14. The molecule has 0 atom stereocenters. The van der Waals surface area contributed by atoms with E-state index in [2.05, 4.69) is 114 Å². The minimum Gasteiger partial charge on any atom is -0.493 e. The molecule has 0 fully saturated rings. The molecule has 4 heteroatoms. The van der Waals surface area contributed by atoms with E-state index in [-0.39, 0.29) is 0 Å². The number of hydrogen-bond acceptors (Lipinski definition) is 3. The van der Waals surface area contributed by atoms with Crippen molar-refractivity contribution in [3.63, 3.8) is 0 Å². The van der Waals surface area contributed by atoms with Crippen LogP contribution in [-0.4, -0.2) is 23.2 Å². The second-order valence-corrected chi connectivity index (χ2v) is 9.89. The van der Waals surface area contributed by atoms with Crippen molar-refractivity contribution in [2.45, 2.75) is 26.2 Å². The number of benzene rings is 4. The molecule has 0 aliphatic heterocycles. The topological polar surface area (TPSA) is 47.1 Å². The molecule has 0 radical (unpaired) electrons. The lowest BCUT2D eigenvalue weighted by Gasteiger charge is -2.11. The molecule has 0 amide bonds. The normalized spacial score (nSPS) is 11.2. The summed E-state index contributed by atoms with van der Waals surface area (Å²) in [7, 11) is 0. The number of aromatic nitrogens is 2. The predicted molar refractivity (Wildman–Crippen MR) is 160 cm³/mol. The zero-order chi connectivity index (χ0) is 26.4. The van der Waals surface area contributed by atoms with Gasteiger partial charge < -0.3 is 14.5 Å². The molecule has 6 rings (SSSR count). The Kier molecular flexibility index (Phi) is 7.26. The van der Waals surface area contributed by atoms with E-state index in [0.29, 0.717) is 19.1 Å². The molecule has 6 aromatic rings. The number of fused-ring (bicyclic) bond motifs is 2. The van der Waals surface area contributed by atoms with Crippen molar-refractivity contribution in [3.05, 3.63) is 126 Å². The van der Waals surface area contributed by atoms with Gasteiger partial charge in [0.15, 0.2) is 0 Å². The number of H-pyrrole nitrogens is 1. The van der Waals surface area contributed by atoms with Gasteiger partial charge in [0.25, 0.3) is 0 Å². The third-order valence-corrected chi connectivity index (χ3v) is 7.25. The smallest absolute Gasteiger partial charge is 0.213 e. The van der Waals surface area contributed by atoms with Gasteiger partial charge in [0.1, 0.15) is 5.75 Å². The molecule has 0 bridgehead atoms. The second-order valence-electron chi connectivity index (χ2n) is 9.89. The van der Waals surface area contributed by atoms with Crippen molar-refractivity contribution in [3.8, 4) is 22.8 Å². The summed E-state index contributed by atoms with van der Waals surface area (Å²) < 4.78 is 12.2. The fourth-order valence-electron chi connectivity index (χ4n) is 5.20. The molecule has 0 saturated heterocycles. The number of nitrogens with one attached hydrogen (secondary N) is 1. The summed E-state index contributed by atoms with van der Waals surface area (Å²) in [6.45, 7) is 3.37. The predicted octanol–water partition coefficient (Wildman–Crippen LogP) is 8.32.